The zero-order valence-corrected chi connectivity index (χ0v) is 20.2. The predicted molar refractivity (Wildman–Crippen MR) is 152 cm³/mol. The standard InChI is InChI=1S/C33H20N2S/c1-2-10-20(11-3-1)34-27-19-18-22-21-12-4-7-15-25(21)35-26-16-8-5-13-23(26)29(30(27)31(22)35)33-32(34)24-14-6-9-17-28(24)36-33/h1-19,29H. The third-order valence-electron chi connectivity index (χ3n) is 7.97. The topological polar surface area (TPSA) is 8.17 Å². The molecule has 0 N–H and O–H groups in total. The molecule has 3 heteroatoms. The maximum absolute atomic E-state index is 2.51. The van der Waals surface area contributed by atoms with Crippen molar-refractivity contribution in [3.05, 3.63) is 131 Å². The lowest BCUT2D eigenvalue weighted by molar-refractivity contribution is 0.919. The van der Waals surface area contributed by atoms with Gasteiger partial charge in [-0.25, -0.2) is 0 Å². The predicted octanol–water partition coefficient (Wildman–Crippen LogP) is 9.28. The van der Waals surface area contributed by atoms with Gasteiger partial charge in [0, 0.05) is 37.0 Å². The molecule has 5 aromatic carbocycles. The van der Waals surface area contributed by atoms with Crippen molar-refractivity contribution in [2.24, 2.45) is 0 Å². The van der Waals surface area contributed by atoms with E-state index >= 15 is 0 Å². The van der Waals surface area contributed by atoms with E-state index in [1.807, 2.05) is 11.3 Å². The van der Waals surface area contributed by atoms with Crippen LogP contribution in [0.25, 0.3) is 37.6 Å². The molecule has 0 spiro atoms. The number of hydrogen-bond donors (Lipinski definition) is 0. The minimum Gasteiger partial charge on any atom is -0.309 e. The first kappa shape index (κ1) is 18.9. The van der Waals surface area contributed by atoms with E-state index in [2.05, 4.69) is 125 Å². The number of rotatable bonds is 1. The zero-order valence-electron chi connectivity index (χ0n) is 19.3. The highest BCUT2D eigenvalue weighted by atomic mass is 32.1. The summed E-state index contributed by atoms with van der Waals surface area (Å²) in [6, 6.07) is 42.3. The monoisotopic (exact) mass is 476 g/mol. The molecular formula is C33H20N2S. The molecule has 1 unspecified atom stereocenters. The van der Waals surface area contributed by atoms with Gasteiger partial charge in [0.25, 0.3) is 0 Å². The summed E-state index contributed by atoms with van der Waals surface area (Å²) in [6.07, 6.45) is 0. The van der Waals surface area contributed by atoms with Crippen LogP contribution in [0.1, 0.15) is 21.9 Å². The summed E-state index contributed by atoms with van der Waals surface area (Å²) < 4.78 is 3.85. The summed E-state index contributed by atoms with van der Waals surface area (Å²) in [4.78, 5) is 3.94. The van der Waals surface area contributed by atoms with Gasteiger partial charge in [-0.3, -0.25) is 0 Å². The molecule has 0 saturated heterocycles. The molecule has 0 amide bonds. The van der Waals surface area contributed by atoms with Gasteiger partial charge in [-0.1, -0.05) is 78.9 Å². The van der Waals surface area contributed by atoms with Gasteiger partial charge in [0.1, 0.15) is 0 Å². The van der Waals surface area contributed by atoms with E-state index in [-0.39, 0.29) is 5.92 Å². The highest BCUT2D eigenvalue weighted by Gasteiger charge is 2.41. The van der Waals surface area contributed by atoms with Crippen molar-refractivity contribution in [1.29, 1.82) is 0 Å². The molecule has 0 aliphatic carbocycles. The van der Waals surface area contributed by atoms with Crippen LogP contribution >= 0.6 is 11.3 Å². The number of anilines is 3. The van der Waals surface area contributed by atoms with Crippen LogP contribution in [0.2, 0.25) is 0 Å². The van der Waals surface area contributed by atoms with Crippen LogP contribution in [0.5, 0.6) is 0 Å². The van der Waals surface area contributed by atoms with Crippen molar-refractivity contribution in [3.8, 4) is 5.69 Å². The summed E-state index contributed by atoms with van der Waals surface area (Å²) in [6.45, 7) is 0. The molecule has 9 rings (SSSR count). The first-order valence-electron chi connectivity index (χ1n) is 12.4. The Hall–Kier alpha value is -4.34. The number of para-hydroxylation sites is 3. The number of thiophene rings is 1. The van der Waals surface area contributed by atoms with Gasteiger partial charge in [-0.15, -0.1) is 11.3 Å². The highest BCUT2D eigenvalue weighted by molar-refractivity contribution is 7.20. The lowest BCUT2D eigenvalue weighted by Crippen LogP contribution is -2.24. The van der Waals surface area contributed by atoms with Crippen LogP contribution < -0.4 is 4.90 Å². The van der Waals surface area contributed by atoms with E-state index < -0.39 is 0 Å². The molecule has 168 valence electrons. The van der Waals surface area contributed by atoms with Crippen LogP contribution in [0.4, 0.5) is 17.1 Å². The Balaban J connectivity index is 1.53. The molecule has 7 aromatic rings. The van der Waals surface area contributed by atoms with Crippen molar-refractivity contribution in [1.82, 2.24) is 4.57 Å². The van der Waals surface area contributed by atoms with Crippen molar-refractivity contribution >= 4 is 60.3 Å². The molecule has 2 aliphatic rings. The van der Waals surface area contributed by atoms with Gasteiger partial charge in [0.15, 0.2) is 0 Å². The maximum atomic E-state index is 2.51. The van der Waals surface area contributed by atoms with E-state index in [1.54, 1.807) is 0 Å². The van der Waals surface area contributed by atoms with Gasteiger partial charge >= 0.3 is 0 Å². The summed E-state index contributed by atoms with van der Waals surface area (Å²) in [7, 11) is 0. The Kier molecular flexibility index (Phi) is 3.50. The van der Waals surface area contributed by atoms with Crippen molar-refractivity contribution in [2.75, 3.05) is 4.90 Å². The fourth-order valence-electron chi connectivity index (χ4n) is 6.61. The molecule has 1 atom stereocenters. The molecule has 2 aliphatic heterocycles. The number of aromatic nitrogens is 1. The van der Waals surface area contributed by atoms with Crippen LogP contribution in [-0.2, 0) is 0 Å². The number of hydrogen-bond acceptors (Lipinski definition) is 2. The zero-order chi connectivity index (χ0) is 23.4. The van der Waals surface area contributed by atoms with Crippen LogP contribution in [0.15, 0.2) is 115 Å². The Morgan fingerprint density at radius 2 is 1.33 bits per heavy atom. The van der Waals surface area contributed by atoms with Crippen molar-refractivity contribution in [2.45, 2.75) is 5.92 Å². The minimum absolute atomic E-state index is 0.212. The Morgan fingerprint density at radius 1 is 0.583 bits per heavy atom. The van der Waals surface area contributed by atoms with Gasteiger partial charge in [0.2, 0.25) is 0 Å². The fourth-order valence-corrected chi connectivity index (χ4v) is 7.93. The lowest BCUT2D eigenvalue weighted by Gasteiger charge is -2.39. The summed E-state index contributed by atoms with van der Waals surface area (Å²) in [5.41, 5.74) is 10.6. The fraction of sp³-hybridized carbons (Fsp3) is 0.0303. The van der Waals surface area contributed by atoms with E-state index in [9.17, 15) is 0 Å². The molecule has 36 heavy (non-hydrogen) atoms. The first-order chi connectivity index (χ1) is 17.9. The summed E-state index contributed by atoms with van der Waals surface area (Å²) in [5.74, 6) is 0.212. The summed E-state index contributed by atoms with van der Waals surface area (Å²) in [5, 5.41) is 3.98. The number of benzene rings is 5. The Bertz CT molecular complexity index is 2010. The van der Waals surface area contributed by atoms with Gasteiger partial charge < -0.3 is 9.47 Å². The van der Waals surface area contributed by atoms with Gasteiger partial charge in [-0.2, -0.15) is 0 Å². The number of nitrogens with zero attached hydrogens (tertiary/aromatic N) is 2. The molecule has 2 aromatic heterocycles. The smallest absolute Gasteiger partial charge is 0.0689 e. The normalized spacial score (nSPS) is 15.4. The van der Waals surface area contributed by atoms with Gasteiger partial charge in [-0.05, 0) is 42.0 Å². The minimum atomic E-state index is 0.212. The second-order valence-electron chi connectivity index (χ2n) is 9.72. The Labute approximate surface area is 212 Å². The highest BCUT2D eigenvalue weighted by Crippen LogP contribution is 2.61. The van der Waals surface area contributed by atoms with Crippen molar-refractivity contribution < 1.29 is 0 Å². The molecule has 2 nitrogen and oxygen atoms in total. The largest absolute Gasteiger partial charge is 0.309 e. The van der Waals surface area contributed by atoms with Crippen molar-refractivity contribution in [3.63, 3.8) is 0 Å². The van der Waals surface area contributed by atoms with E-state index in [1.165, 1.54) is 70.6 Å². The van der Waals surface area contributed by atoms with Crippen LogP contribution in [0.3, 0.4) is 0 Å². The molecule has 0 bridgehead atoms. The average molecular weight is 477 g/mol. The molecule has 0 saturated carbocycles. The molecule has 0 fully saturated rings. The molecule has 4 heterocycles. The second kappa shape index (κ2) is 6.66. The lowest BCUT2D eigenvalue weighted by atomic mass is 9.80. The van der Waals surface area contributed by atoms with Gasteiger partial charge in [0.05, 0.1) is 34.0 Å². The SMILES string of the molecule is c1ccc(N2c3ccc4c5ccccc5n5c4c3C(c3ccccc3-5)c3sc4ccccc4c32)cc1. The third-order valence-corrected chi connectivity index (χ3v) is 9.19. The quantitative estimate of drug-likeness (QED) is 0.229. The molecular weight excluding hydrogens is 456 g/mol. The van der Waals surface area contributed by atoms with Crippen LogP contribution in [-0.4, -0.2) is 4.57 Å². The van der Waals surface area contributed by atoms with E-state index in [4.69, 9.17) is 0 Å². The number of fused-ring (bicyclic) bond motifs is 10. The summed E-state index contributed by atoms with van der Waals surface area (Å²) >= 11 is 1.95. The van der Waals surface area contributed by atoms with E-state index in [0.717, 1.165) is 0 Å². The maximum Gasteiger partial charge on any atom is 0.0689 e. The second-order valence-corrected chi connectivity index (χ2v) is 10.8. The molecule has 0 radical (unpaired) electrons. The van der Waals surface area contributed by atoms with E-state index in [0.29, 0.717) is 0 Å². The first-order valence-corrected chi connectivity index (χ1v) is 13.2. The van der Waals surface area contributed by atoms with Crippen LogP contribution in [0, 0.1) is 0 Å². The third kappa shape index (κ3) is 2.18. The Morgan fingerprint density at radius 3 is 2.25 bits per heavy atom. The average Bonchev–Trinajstić information content (AvgIpc) is 3.49.